The van der Waals surface area contributed by atoms with Crippen molar-refractivity contribution >= 4 is 23.5 Å². The molecule has 0 saturated carbocycles. The van der Waals surface area contributed by atoms with E-state index in [4.69, 9.17) is 30.2 Å². The summed E-state index contributed by atoms with van der Waals surface area (Å²) in [6.07, 6.45) is 2.99. The average Bonchev–Trinajstić information content (AvgIpc) is 3.35. The van der Waals surface area contributed by atoms with Gasteiger partial charge in [0.25, 0.3) is 0 Å². The van der Waals surface area contributed by atoms with E-state index in [1.54, 1.807) is 36.4 Å². The molecule has 0 atom stereocenters. The van der Waals surface area contributed by atoms with E-state index in [2.05, 4.69) is 0 Å². The van der Waals surface area contributed by atoms with Crippen LogP contribution in [0.15, 0.2) is 59.0 Å². The second-order valence-corrected chi connectivity index (χ2v) is 6.34. The highest BCUT2D eigenvalue weighted by atomic mass is 35.5. The number of carbonyl (C=O) groups excluding carboxylic acids is 1. The Morgan fingerprint density at radius 2 is 1.96 bits per heavy atom. The quantitative estimate of drug-likeness (QED) is 0.416. The van der Waals surface area contributed by atoms with E-state index >= 15 is 0 Å². The number of allylic oxidation sites excluding steroid dienone is 1. The van der Waals surface area contributed by atoms with Gasteiger partial charge in [-0.25, -0.2) is 4.39 Å². The van der Waals surface area contributed by atoms with Crippen molar-refractivity contribution < 1.29 is 27.8 Å². The maximum Gasteiger partial charge on any atom is 0.231 e. The summed E-state index contributed by atoms with van der Waals surface area (Å²) in [5, 5.41) is -0.0115. The Morgan fingerprint density at radius 1 is 1.11 bits per heavy atom. The maximum atomic E-state index is 13.1. The molecule has 3 aromatic rings. The fraction of sp³-hybridized carbons (Fsp3) is 0.0952. The Morgan fingerprint density at radius 3 is 2.82 bits per heavy atom. The Kier molecular flexibility index (Phi) is 5.04. The summed E-state index contributed by atoms with van der Waals surface area (Å²) in [7, 11) is 0. The number of hydrogen-bond acceptors (Lipinski definition) is 5. The highest BCUT2D eigenvalue weighted by Crippen LogP contribution is 2.32. The fourth-order valence-corrected chi connectivity index (χ4v) is 2.76. The molecule has 0 N–H and O–H groups in total. The fourth-order valence-electron chi connectivity index (χ4n) is 2.59. The molecule has 1 aromatic heterocycles. The molecule has 7 heteroatoms. The van der Waals surface area contributed by atoms with Gasteiger partial charge in [0.15, 0.2) is 17.3 Å². The van der Waals surface area contributed by atoms with Crippen LogP contribution < -0.4 is 14.2 Å². The zero-order chi connectivity index (χ0) is 19.5. The average molecular weight is 401 g/mol. The number of benzene rings is 2. The second kappa shape index (κ2) is 7.78. The van der Waals surface area contributed by atoms with Gasteiger partial charge in [0, 0.05) is 11.6 Å². The summed E-state index contributed by atoms with van der Waals surface area (Å²) < 4.78 is 34.8. The number of carbonyl (C=O) groups is 1. The molecule has 5 nitrogen and oxygen atoms in total. The highest BCUT2D eigenvalue weighted by molar-refractivity contribution is 6.30. The first-order valence-corrected chi connectivity index (χ1v) is 8.75. The number of ether oxygens (including phenoxy) is 3. The molecule has 28 heavy (non-hydrogen) atoms. The third-order valence-electron chi connectivity index (χ3n) is 4.01. The highest BCUT2D eigenvalue weighted by Gasteiger charge is 2.15. The van der Waals surface area contributed by atoms with Gasteiger partial charge >= 0.3 is 0 Å². The number of halogens is 2. The first-order valence-electron chi connectivity index (χ1n) is 8.37. The topological polar surface area (TPSA) is 57.9 Å². The largest absolute Gasteiger partial charge is 0.486 e. The SMILES string of the molecule is O=C(/C=C/c1ccc(COc2ccc(F)c(Cl)c2)o1)c1ccc2c(c1)OCO2. The zero-order valence-corrected chi connectivity index (χ0v) is 15.2. The van der Waals surface area contributed by atoms with Crippen LogP contribution in [0, 0.1) is 5.82 Å². The van der Waals surface area contributed by atoms with Crippen LogP contribution in [0.2, 0.25) is 5.02 Å². The third kappa shape index (κ3) is 4.02. The normalized spacial score (nSPS) is 12.5. The van der Waals surface area contributed by atoms with Crippen molar-refractivity contribution in [1.29, 1.82) is 0 Å². The molecule has 0 fully saturated rings. The second-order valence-electron chi connectivity index (χ2n) is 5.93. The molecule has 2 heterocycles. The molecule has 0 radical (unpaired) electrons. The van der Waals surface area contributed by atoms with Gasteiger partial charge in [-0.2, -0.15) is 0 Å². The van der Waals surface area contributed by atoms with E-state index in [-0.39, 0.29) is 24.2 Å². The Bertz CT molecular complexity index is 1060. The van der Waals surface area contributed by atoms with Crippen molar-refractivity contribution in [1.82, 2.24) is 0 Å². The van der Waals surface area contributed by atoms with Gasteiger partial charge in [-0.3, -0.25) is 4.79 Å². The number of ketones is 1. The molecule has 2 aromatic carbocycles. The molecule has 142 valence electrons. The van der Waals surface area contributed by atoms with Gasteiger partial charge in [0.2, 0.25) is 6.79 Å². The minimum Gasteiger partial charge on any atom is -0.486 e. The molecule has 4 rings (SSSR count). The molecule has 0 spiro atoms. The molecule has 1 aliphatic rings. The number of hydrogen-bond donors (Lipinski definition) is 0. The summed E-state index contributed by atoms with van der Waals surface area (Å²) in [5.41, 5.74) is 0.490. The van der Waals surface area contributed by atoms with Gasteiger partial charge in [0.1, 0.15) is 29.7 Å². The molecule has 0 amide bonds. The van der Waals surface area contributed by atoms with E-state index in [1.165, 1.54) is 24.3 Å². The lowest BCUT2D eigenvalue weighted by atomic mass is 10.1. The first-order chi connectivity index (χ1) is 13.6. The molecular formula is C21H14ClFO5. The van der Waals surface area contributed by atoms with Crippen molar-refractivity contribution in [2.75, 3.05) is 6.79 Å². The first kappa shape index (κ1) is 18.1. The van der Waals surface area contributed by atoms with E-state index in [0.29, 0.717) is 34.3 Å². The van der Waals surface area contributed by atoms with Crippen LogP contribution in [0.1, 0.15) is 21.9 Å². The minimum atomic E-state index is -0.508. The number of fused-ring (bicyclic) bond motifs is 1. The number of rotatable bonds is 6. The summed E-state index contributed by atoms with van der Waals surface area (Å²) in [6, 6.07) is 12.6. The van der Waals surface area contributed by atoms with Crippen molar-refractivity contribution in [3.63, 3.8) is 0 Å². The van der Waals surface area contributed by atoms with Crippen LogP contribution in [-0.2, 0) is 6.61 Å². The predicted molar refractivity (Wildman–Crippen MR) is 100 cm³/mol. The van der Waals surface area contributed by atoms with Crippen molar-refractivity contribution in [3.05, 3.63) is 82.5 Å². The lowest BCUT2D eigenvalue weighted by molar-refractivity contribution is 0.104. The molecule has 0 aliphatic carbocycles. The van der Waals surface area contributed by atoms with Gasteiger partial charge in [-0.05, 0) is 54.6 Å². The Balaban J connectivity index is 1.37. The molecule has 1 aliphatic heterocycles. The van der Waals surface area contributed by atoms with Crippen LogP contribution >= 0.6 is 11.6 Å². The number of furan rings is 1. The summed E-state index contributed by atoms with van der Waals surface area (Å²) in [6.45, 7) is 0.302. The van der Waals surface area contributed by atoms with Crippen molar-refractivity contribution in [2.24, 2.45) is 0 Å². The van der Waals surface area contributed by atoms with Gasteiger partial charge in [-0.15, -0.1) is 0 Å². The molecule has 0 bridgehead atoms. The predicted octanol–water partition coefficient (Wildman–Crippen LogP) is 5.28. The smallest absolute Gasteiger partial charge is 0.231 e. The van der Waals surface area contributed by atoms with Crippen LogP contribution in [0.3, 0.4) is 0 Å². The van der Waals surface area contributed by atoms with E-state index in [0.717, 1.165) is 0 Å². The van der Waals surface area contributed by atoms with Crippen LogP contribution in [0.5, 0.6) is 17.2 Å². The van der Waals surface area contributed by atoms with Gasteiger partial charge in [-0.1, -0.05) is 11.6 Å². The van der Waals surface area contributed by atoms with Crippen molar-refractivity contribution in [2.45, 2.75) is 6.61 Å². The standard InChI is InChI=1S/C21H14ClFO5/c22-17-10-15(4-6-18(17)23)25-11-16-3-2-14(28-16)5-7-19(24)13-1-8-20-21(9-13)27-12-26-20/h1-10H,11-12H2/b7-5+. The Hall–Kier alpha value is -3.25. The van der Waals surface area contributed by atoms with E-state index in [1.807, 2.05) is 0 Å². The molecular weight excluding hydrogens is 387 g/mol. The van der Waals surface area contributed by atoms with Crippen LogP contribution in [0.4, 0.5) is 4.39 Å². The minimum absolute atomic E-state index is 0.0115. The van der Waals surface area contributed by atoms with Crippen LogP contribution in [0.25, 0.3) is 6.08 Å². The third-order valence-corrected chi connectivity index (χ3v) is 4.30. The van der Waals surface area contributed by atoms with E-state index in [9.17, 15) is 9.18 Å². The molecule has 0 saturated heterocycles. The van der Waals surface area contributed by atoms with Crippen LogP contribution in [-0.4, -0.2) is 12.6 Å². The summed E-state index contributed by atoms with van der Waals surface area (Å²) in [5.74, 6) is 1.97. The lowest BCUT2D eigenvalue weighted by Gasteiger charge is -2.04. The van der Waals surface area contributed by atoms with Crippen molar-refractivity contribution in [3.8, 4) is 17.2 Å². The Labute approximate surface area is 164 Å². The monoisotopic (exact) mass is 400 g/mol. The molecule has 0 unspecified atom stereocenters. The lowest BCUT2D eigenvalue weighted by Crippen LogP contribution is -1.94. The van der Waals surface area contributed by atoms with Gasteiger partial charge < -0.3 is 18.6 Å². The van der Waals surface area contributed by atoms with E-state index < -0.39 is 5.82 Å². The summed E-state index contributed by atoms with van der Waals surface area (Å²) >= 11 is 5.72. The summed E-state index contributed by atoms with van der Waals surface area (Å²) in [4.78, 5) is 12.3. The zero-order valence-electron chi connectivity index (χ0n) is 14.5. The maximum absolute atomic E-state index is 13.1. The van der Waals surface area contributed by atoms with Gasteiger partial charge in [0.05, 0.1) is 5.02 Å².